The second kappa shape index (κ2) is 7.59. The van der Waals surface area contributed by atoms with Crippen molar-refractivity contribution in [2.75, 3.05) is 10.6 Å². The Morgan fingerprint density at radius 1 is 1.00 bits per heavy atom. The summed E-state index contributed by atoms with van der Waals surface area (Å²) in [7, 11) is 0. The molecule has 23 heavy (non-hydrogen) atoms. The van der Waals surface area contributed by atoms with Gasteiger partial charge in [-0.1, -0.05) is 44.2 Å². The van der Waals surface area contributed by atoms with Crippen LogP contribution in [0, 0.1) is 0 Å². The van der Waals surface area contributed by atoms with Gasteiger partial charge in [0.1, 0.15) is 0 Å². The fraction of sp³-hybridized carbons (Fsp3) is 0.471. The average molecular weight is 334 g/mol. The van der Waals surface area contributed by atoms with Crippen LogP contribution in [0.25, 0.3) is 0 Å². The van der Waals surface area contributed by atoms with E-state index in [9.17, 15) is 0 Å². The predicted octanol–water partition coefficient (Wildman–Crippen LogP) is 4.47. The molecule has 2 rings (SSSR count). The summed E-state index contributed by atoms with van der Waals surface area (Å²) in [5, 5.41) is 6.82. The highest BCUT2D eigenvalue weighted by Crippen LogP contribution is 2.24. The quantitative estimate of drug-likeness (QED) is 0.782. The lowest BCUT2D eigenvalue weighted by Gasteiger charge is -2.27. The van der Waals surface area contributed by atoms with Crippen molar-refractivity contribution in [1.29, 1.82) is 0 Å². The molecule has 0 radical (unpaired) electrons. The summed E-state index contributed by atoms with van der Waals surface area (Å²) in [4.78, 5) is 12.8. The molecule has 0 bridgehead atoms. The molecule has 1 aromatic carbocycles. The molecule has 6 heteroatoms. The van der Waals surface area contributed by atoms with Crippen LogP contribution in [-0.2, 0) is 5.54 Å². The molecule has 2 aromatic rings. The van der Waals surface area contributed by atoms with Crippen molar-refractivity contribution in [3.8, 4) is 0 Å². The Kier molecular flexibility index (Phi) is 5.77. The van der Waals surface area contributed by atoms with E-state index in [1.165, 1.54) is 0 Å². The zero-order valence-electron chi connectivity index (χ0n) is 14.1. The second-order valence-electron chi connectivity index (χ2n) is 6.03. The van der Waals surface area contributed by atoms with Gasteiger partial charge in [-0.05, 0) is 43.9 Å². The van der Waals surface area contributed by atoms with Gasteiger partial charge >= 0.3 is 0 Å². The van der Waals surface area contributed by atoms with Crippen LogP contribution in [0.15, 0.2) is 30.3 Å². The number of anilines is 2. The molecule has 0 aliphatic rings. The van der Waals surface area contributed by atoms with Gasteiger partial charge < -0.3 is 10.6 Å². The number of hydrogen-bond donors (Lipinski definition) is 2. The van der Waals surface area contributed by atoms with Crippen molar-refractivity contribution in [3.05, 3.63) is 41.2 Å². The number of nitrogens with one attached hydrogen (secondary N) is 2. The van der Waals surface area contributed by atoms with E-state index in [2.05, 4.69) is 65.4 Å². The van der Waals surface area contributed by atoms with Crippen molar-refractivity contribution < 1.29 is 0 Å². The minimum atomic E-state index is -0.321. The molecule has 0 amide bonds. The SMILES string of the molecule is CCC(CC)Nc1nc(Cl)nc(NC(C)(C)c2ccccc2)n1. The smallest absolute Gasteiger partial charge is 0.229 e. The summed E-state index contributed by atoms with van der Waals surface area (Å²) >= 11 is 6.05. The first-order chi connectivity index (χ1) is 10.9. The van der Waals surface area contributed by atoms with E-state index in [1.54, 1.807) is 0 Å². The third kappa shape index (κ3) is 4.79. The third-order valence-corrected chi connectivity index (χ3v) is 4.02. The summed E-state index contributed by atoms with van der Waals surface area (Å²) in [5.41, 5.74) is 0.823. The highest BCUT2D eigenvalue weighted by atomic mass is 35.5. The van der Waals surface area contributed by atoms with Gasteiger partial charge in [-0.15, -0.1) is 0 Å². The first-order valence-corrected chi connectivity index (χ1v) is 8.34. The molecule has 124 valence electrons. The molecular formula is C17H24ClN5. The van der Waals surface area contributed by atoms with Crippen LogP contribution < -0.4 is 10.6 Å². The summed E-state index contributed by atoms with van der Waals surface area (Å²) in [6.07, 6.45) is 2.00. The monoisotopic (exact) mass is 333 g/mol. The van der Waals surface area contributed by atoms with Gasteiger partial charge in [0.2, 0.25) is 17.2 Å². The summed E-state index contributed by atoms with van der Waals surface area (Å²) in [6, 6.07) is 10.5. The normalized spacial score (nSPS) is 11.6. The van der Waals surface area contributed by atoms with Crippen molar-refractivity contribution in [3.63, 3.8) is 0 Å². The van der Waals surface area contributed by atoms with E-state index in [0.29, 0.717) is 17.9 Å². The lowest BCUT2D eigenvalue weighted by Crippen LogP contribution is -2.29. The zero-order valence-corrected chi connectivity index (χ0v) is 14.9. The fourth-order valence-corrected chi connectivity index (χ4v) is 2.51. The van der Waals surface area contributed by atoms with Crippen molar-refractivity contribution in [2.45, 2.75) is 52.1 Å². The van der Waals surface area contributed by atoms with E-state index < -0.39 is 0 Å². The molecule has 0 spiro atoms. The molecule has 0 unspecified atom stereocenters. The van der Waals surface area contributed by atoms with Crippen LogP contribution in [0.3, 0.4) is 0 Å². The van der Waals surface area contributed by atoms with Gasteiger partial charge in [0.05, 0.1) is 5.54 Å². The average Bonchev–Trinajstić information content (AvgIpc) is 2.52. The van der Waals surface area contributed by atoms with E-state index in [-0.39, 0.29) is 10.8 Å². The lowest BCUT2D eigenvalue weighted by atomic mass is 9.95. The van der Waals surface area contributed by atoms with Crippen LogP contribution in [0.5, 0.6) is 0 Å². The van der Waals surface area contributed by atoms with Crippen LogP contribution >= 0.6 is 11.6 Å². The zero-order chi connectivity index (χ0) is 16.9. The maximum Gasteiger partial charge on any atom is 0.229 e. The maximum atomic E-state index is 6.05. The van der Waals surface area contributed by atoms with Gasteiger partial charge in [-0.3, -0.25) is 0 Å². The minimum absolute atomic E-state index is 0.180. The number of rotatable bonds is 7. The molecular weight excluding hydrogens is 310 g/mol. The Balaban J connectivity index is 2.21. The Labute approximate surface area is 142 Å². The van der Waals surface area contributed by atoms with E-state index in [1.807, 2.05) is 18.2 Å². The van der Waals surface area contributed by atoms with E-state index in [0.717, 1.165) is 18.4 Å². The Bertz CT molecular complexity index is 626. The van der Waals surface area contributed by atoms with E-state index in [4.69, 9.17) is 11.6 Å². The van der Waals surface area contributed by atoms with Crippen molar-refractivity contribution in [2.24, 2.45) is 0 Å². The Morgan fingerprint density at radius 3 is 2.22 bits per heavy atom. The third-order valence-electron chi connectivity index (χ3n) is 3.85. The fourth-order valence-electron chi connectivity index (χ4n) is 2.35. The first-order valence-electron chi connectivity index (χ1n) is 7.96. The molecule has 0 saturated heterocycles. The van der Waals surface area contributed by atoms with Crippen LogP contribution in [0.4, 0.5) is 11.9 Å². The highest BCUT2D eigenvalue weighted by molar-refractivity contribution is 6.28. The molecule has 5 nitrogen and oxygen atoms in total. The molecule has 2 N–H and O–H groups in total. The summed E-state index contributed by atoms with van der Waals surface area (Å²) in [5.74, 6) is 0.970. The van der Waals surface area contributed by atoms with Crippen molar-refractivity contribution in [1.82, 2.24) is 15.0 Å². The number of nitrogens with zero attached hydrogens (tertiary/aromatic N) is 3. The molecule has 1 heterocycles. The number of benzene rings is 1. The van der Waals surface area contributed by atoms with Crippen LogP contribution in [-0.4, -0.2) is 21.0 Å². The molecule has 0 saturated carbocycles. The number of aromatic nitrogens is 3. The molecule has 0 aliphatic heterocycles. The van der Waals surface area contributed by atoms with Crippen LogP contribution in [0.2, 0.25) is 5.28 Å². The van der Waals surface area contributed by atoms with Gasteiger partial charge in [-0.2, -0.15) is 15.0 Å². The van der Waals surface area contributed by atoms with Crippen LogP contribution in [0.1, 0.15) is 46.1 Å². The number of halogens is 1. The Hall–Kier alpha value is -1.88. The molecule has 0 aliphatic carbocycles. The van der Waals surface area contributed by atoms with Gasteiger partial charge in [0.25, 0.3) is 0 Å². The van der Waals surface area contributed by atoms with Gasteiger partial charge in [-0.25, -0.2) is 0 Å². The molecule has 0 atom stereocenters. The number of hydrogen-bond acceptors (Lipinski definition) is 5. The minimum Gasteiger partial charge on any atom is -0.351 e. The summed E-state index contributed by atoms with van der Waals surface area (Å²) < 4.78 is 0. The first kappa shape index (κ1) is 17.5. The van der Waals surface area contributed by atoms with Gasteiger partial charge in [0.15, 0.2) is 0 Å². The van der Waals surface area contributed by atoms with Crippen molar-refractivity contribution >= 4 is 23.5 Å². The molecule has 0 fully saturated rings. The summed E-state index contributed by atoms with van der Waals surface area (Å²) in [6.45, 7) is 8.41. The Morgan fingerprint density at radius 2 is 1.61 bits per heavy atom. The molecule has 1 aromatic heterocycles. The predicted molar refractivity (Wildman–Crippen MR) is 95.9 cm³/mol. The maximum absolute atomic E-state index is 6.05. The standard InChI is InChI=1S/C17H24ClN5/c1-5-13(6-2)19-15-20-14(18)21-16(22-15)23-17(3,4)12-10-8-7-9-11-12/h7-11,13H,5-6H2,1-4H3,(H2,19,20,21,22,23). The van der Waals surface area contributed by atoms with E-state index >= 15 is 0 Å². The lowest BCUT2D eigenvalue weighted by molar-refractivity contribution is 0.600. The largest absolute Gasteiger partial charge is 0.351 e. The highest BCUT2D eigenvalue weighted by Gasteiger charge is 2.22. The second-order valence-corrected chi connectivity index (χ2v) is 6.36. The topological polar surface area (TPSA) is 62.7 Å². The van der Waals surface area contributed by atoms with Gasteiger partial charge in [0, 0.05) is 6.04 Å².